The summed E-state index contributed by atoms with van der Waals surface area (Å²) in [7, 11) is 1.22. The van der Waals surface area contributed by atoms with Crippen LogP contribution in [0, 0.1) is 10.1 Å². The van der Waals surface area contributed by atoms with Gasteiger partial charge in [-0.05, 0) is 29.7 Å². The summed E-state index contributed by atoms with van der Waals surface area (Å²) in [4.78, 5) is 21.5. The lowest BCUT2D eigenvalue weighted by atomic mass is 10.3. The molecule has 0 atom stereocenters. The monoisotopic (exact) mass is 575 g/mol. The number of hydrogen-bond acceptors (Lipinski definition) is 9. The molecule has 38 heavy (non-hydrogen) atoms. The van der Waals surface area contributed by atoms with E-state index in [-0.39, 0.29) is 5.69 Å². The first kappa shape index (κ1) is 42.2. The molecule has 0 fully saturated rings. The van der Waals surface area contributed by atoms with E-state index < -0.39 is 14.9 Å². The molecule has 3 aromatic rings. The Labute approximate surface area is 232 Å². The van der Waals surface area contributed by atoms with Crippen LogP contribution in [0.25, 0.3) is 10.1 Å². The van der Waals surface area contributed by atoms with Crippen molar-refractivity contribution in [1.82, 2.24) is 4.31 Å². The van der Waals surface area contributed by atoms with Crippen LogP contribution < -0.4 is 10.6 Å². The van der Waals surface area contributed by atoms with Gasteiger partial charge < -0.3 is 14.4 Å². The quantitative estimate of drug-likeness (QED) is 0.267. The number of carbonyl (C=O) groups is 1. The van der Waals surface area contributed by atoms with E-state index in [9.17, 15) is 18.5 Å². The van der Waals surface area contributed by atoms with E-state index in [0.717, 1.165) is 10.1 Å². The largest absolute Gasteiger partial charge is 0.497 e. The van der Waals surface area contributed by atoms with Crippen molar-refractivity contribution in [2.45, 2.75) is 52.7 Å². The number of rotatable bonds is 5. The zero-order chi connectivity index (χ0) is 30.7. The third-order valence-electron chi connectivity index (χ3n) is 3.80. The molecular weight excluding hydrogens is 530 g/mol. The normalized spacial score (nSPS) is 8.95. The zero-order valence-electron chi connectivity index (χ0n) is 24.3. The Morgan fingerprint density at radius 1 is 0.974 bits per heavy atom. The van der Waals surface area contributed by atoms with Crippen LogP contribution in [0.4, 0.5) is 5.69 Å². The highest BCUT2D eigenvalue weighted by atomic mass is 32.2. The number of nitrogens with zero attached hydrogens (tertiary/aromatic N) is 2. The summed E-state index contributed by atoms with van der Waals surface area (Å²) in [5.74, 6) is 4.97. The van der Waals surface area contributed by atoms with Gasteiger partial charge in [-0.15, -0.1) is 11.3 Å². The summed E-state index contributed by atoms with van der Waals surface area (Å²) < 4.78 is 31.7. The van der Waals surface area contributed by atoms with Gasteiger partial charge in [-0.1, -0.05) is 66.7 Å². The van der Waals surface area contributed by atoms with Gasteiger partial charge in [0.15, 0.2) is 0 Å². The molecule has 1 aromatic heterocycles. The van der Waals surface area contributed by atoms with Crippen LogP contribution >= 0.6 is 11.3 Å². The summed E-state index contributed by atoms with van der Waals surface area (Å²) in [5.41, 5.74) is 0.0748. The Morgan fingerprint density at radius 2 is 1.42 bits per heavy atom. The van der Waals surface area contributed by atoms with E-state index >= 15 is 0 Å². The lowest BCUT2D eigenvalue weighted by molar-refractivity contribution is -0.384. The van der Waals surface area contributed by atoms with Gasteiger partial charge in [0.05, 0.1) is 19.1 Å². The fourth-order valence-corrected chi connectivity index (χ4v) is 4.90. The van der Waals surface area contributed by atoms with Crippen LogP contribution in [-0.4, -0.2) is 52.2 Å². The second-order valence-electron chi connectivity index (χ2n) is 5.71. The number of sulfonamides is 1. The Bertz CT molecular complexity index is 1030. The number of benzene rings is 2. The van der Waals surface area contributed by atoms with E-state index in [2.05, 4.69) is 10.7 Å². The molecule has 0 radical (unpaired) electrons. The topological polar surface area (TPSA) is 142 Å². The van der Waals surface area contributed by atoms with Gasteiger partial charge in [0.1, 0.15) is 16.7 Å². The molecule has 0 spiro atoms. The minimum atomic E-state index is -3.30. The van der Waals surface area contributed by atoms with Gasteiger partial charge in [-0.25, -0.2) is 18.6 Å². The number of hydrogen-bond donors (Lipinski definition) is 1. The van der Waals surface area contributed by atoms with Crippen LogP contribution in [0.1, 0.15) is 48.5 Å². The van der Waals surface area contributed by atoms with E-state index in [4.69, 9.17) is 9.53 Å². The first-order valence-electron chi connectivity index (χ1n) is 12.0. The Kier molecular flexibility index (Phi) is 30.1. The number of non-ortho nitro benzene ring substituents is 1. The lowest BCUT2D eigenvalue weighted by Gasteiger charge is -2.12. The highest BCUT2D eigenvalue weighted by molar-refractivity contribution is 7.91. The summed E-state index contributed by atoms with van der Waals surface area (Å²) in [6.45, 7) is 16.3. The molecule has 10 nitrogen and oxygen atoms in total. The van der Waals surface area contributed by atoms with Gasteiger partial charge in [0.25, 0.3) is 15.7 Å². The van der Waals surface area contributed by atoms with Crippen molar-refractivity contribution in [1.29, 1.82) is 0 Å². The van der Waals surface area contributed by atoms with Crippen LogP contribution in [-0.2, 0) is 19.7 Å². The molecule has 0 aliphatic carbocycles. The van der Waals surface area contributed by atoms with Crippen LogP contribution in [0.5, 0.6) is 5.75 Å². The molecule has 2 N–H and O–H groups in total. The Morgan fingerprint density at radius 3 is 1.79 bits per heavy atom. The maximum Gasteiger partial charge on any atom is 0.269 e. The summed E-state index contributed by atoms with van der Waals surface area (Å²) in [6, 6.07) is 15.3. The van der Waals surface area contributed by atoms with Gasteiger partial charge in [-0.2, -0.15) is 0 Å². The SMILES string of the molecule is C=O.CC.CC.CC.CCN(C)S(=O)(=O)c1cc2ccccc2s1.CON.COc1ccc([N+](=O)[O-])cc1. The van der Waals surface area contributed by atoms with E-state index in [1.165, 1.54) is 42.0 Å². The molecule has 218 valence electrons. The predicted octanol–water partition coefficient (Wildman–Crippen LogP) is 6.55. The highest BCUT2D eigenvalue weighted by Gasteiger charge is 2.21. The Balaban J connectivity index is -0.000000229. The first-order chi connectivity index (χ1) is 18.2. The zero-order valence-corrected chi connectivity index (χ0v) is 25.9. The second-order valence-corrected chi connectivity index (χ2v) is 9.07. The van der Waals surface area contributed by atoms with Gasteiger partial charge in [-0.3, -0.25) is 10.1 Å². The number of carbonyl (C=O) groups excluding carboxylic acids is 1. The number of nitro benzene ring substituents is 1. The number of nitrogens with two attached hydrogens (primary N) is 1. The average Bonchev–Trinajstić information content (AvgIpc) is 3.43. The first-order valence-corrected chi connectivity index (χ1v) is 14.2. The van der Waals surface area contributed by atoms with Crippen molar-refractivity contribution in [2.75, 3.05) is 27.8 Å². The molecule has 0 saturated heterocycles. The number of thiophene rings is 1. The number of methoxy groups -OCH3 is 1. The summed E-state index contributed by atoms with van der Waals surface area (Å²) in [5, 5.41) is 11.1. The number of nitro groups is 1. The van der Waals surface area contributed by atoms with Crippen molar-refractivity contribution < 1.29 is 27.7 Å². The lowest BCUT2D eigenvalue weighted by Crippen LogP contribution is -2.25. The smallest absolute Gasteiger partial charge is 0.269 e. The van der Waals surface area contributed by atoms with E-state index in [1.807, 2.05) is 79.5 Å². The average molecular weight is 576 g/mol. The van der Waals surface area contributed by atoms with Crippen LogP contribution in [0.3, 0.4) is 0 Å². The molecule has 0 unspecified atom stereocenters. The van der Waals surface area contributed by atoms with Gasteiger partial charge in [0, 0.05) is 30.4 Å². The maximum absolute atomic E-state index is 12.1. The van der Waals surface area contributed by atoms with Gasteiger partial charge in [0.2, 0.25) is 0 Å². The van der Waals surface area contributed by atoms with Gasteiger partial charge >= 0.3 is 0 Å². The minimum absolute atomic E-state index is 0.0748. The summed E-state index contributed by atoms with van der Waals surface area (Å²) in [6.07, 6.45) is 0. The molecule has 0 aliphatic heterocycles. The van der Waals surface area contributed by atoms with Crippen molar-refractivity contribution in [3.63, 3.8) is 0 Å². The number of fused-ring (bicyclic) bond motifs is 1. The highest BCUT2D eigenvalue weighted by Crippen LogP contribution is 2.30. The molecule has 0 bridgehead atoms. The molecule has 0 saturated carbocycles. The van der Waals surface area contributed by atoms with Crippen molar-refractivity contribution >= 4 is 43.9 Å². The van der Waals surface area contributed by atoms with E-state index in [0.29, 0.717) is 16.5 Å². The van der Waals surface area contributed by atoms with Crippen molar-refractivity contribution in [3.8, 4) is 5.75 Å². The fourth-order valence-electron chi connectivity index (χ4n) is 2.11. The summed E-state index contributed by atoms with van der Waals surface area (Å²) >= 11 is 1.32. The standard InChI is InChI=1S/C11H13NO2S2.C7H7NO3.3C2H6.CH5NO.CH2O/c1-3-12(2)16(13,14)11-8-9-6-4-5-7-10(9)15-11;1-11-7-4-2-6(3-5-7)8(9)10;3*1-2;1-3-2;1-2/h4-8H,3H2,1-2H3;2-5H,1H3;3*1-2H3;2H2,1H3;1H2. The third kappa shape index (κ3) is 16.0. The molecule has 1 heterocycles. The second kappa shape index (κ2) is 27.1. The molecular formula is C26H45N3O7S2. The maximum atomic E-state index is 12.1. The van der Waals surface area contributed by atoms with Crippen LogP contribution in [0.15, 0.2) is 58.8 Å². The van der Waals surface area contributed by atoms with Crippen molar-refractivity contribution in [2.24, 2.45) is 5.90 Å². The molecule has 0 aliphatic rings. The molecule has 3 rings (SSSR count). The van der Waals surface area contributed by atoms with Crippen LogP contribution in [0.2, 0.25) is 0 Å². The predicted molar refractivity (Wildman–Crippen MR) is 159 cm³/mol. The molecule has 12 heteroatoms. The fraction of sp³-hybridized carbons (Fsp3) is 0.423. The third-order valence-corrected chi connectivity index (χ3v) is 7.29. The molecule has 0 amide bonds. The number of ether oxygens (including phenoxy) is 1. The Hall–Kier alpha value is -2.90. The van der Waals surface area contributed by atoms with Crippen molar-refractivity contribution in [3.05, 3.63) is 64.7 Å². The van der Waals surface area contributed by atoms with E-state index in [1.54, 1.807) is 25.2 Å². The minimum Gasteiger partial charge on any atom is -0.497 e. The molecule has 2 aromatic carbocycles.